The van der Waals surface area contributed by atoms with E-state index in [-0.39, 0.29) is 5.91 Å². The quantitative estimate of drug-likeness (QED) is 0.264. The first-order chi connectivity index (χ1) is 16.9. The molecule has 0 fully saturated rings. The number of nitrogens with zero attached hydrogens (tertiary/aromatic N) is 3. The van der Waals surface area contributed by atoms with E-state index in [4.69, 9.17) is 10.7 Å². The van der Waals surface area contributed by atoms with Gasteiger partial charge in [-0.15, -0.1) is 0 Å². The largest absolute Gasteiger partial charge is 0.405 e. The maximum Gasteiger partial charge on any atom is 0.224 e. The number of anilines is 1. The molecule has 3 aromatic heterocycles. The molecule has 5 N–H and O–H groups in total. The third-order valence-electron chi connectivity index (χ3n) is 5.53. The third kappa shape index (κ3) is 4.81. The summed E-state index contributed by atoms with van der Waals surface area (Å²) >= 11 is 0. The number of allylic oxidation sites excluding steroid dienone is 5. The number of hydrogen-bond donors (Lipinski definition) is 4. The molecule has 1 amide bonds. The van der Waals surface area contributed by atoms with Crippen LogP contribution in [0, 0.1) is 6.92 Å². The summed E-state index contributed by atoms with van der Waals surface area (Å²) in [6, 6.07) is 7.88. The average Bonchev–Trinajstić information content (AvgIpc) is 3.45. The summed E-state index contributed by atoms with van der Waals surface area (Å²) in [6.07, 6.45) is 10.5. The van der Waals surface area contributed by atoms with E-state index >= 15 is 0 Å². The minimum absolute atomic E-state index is 0.0602. The Morgan fingerprint density at radius 2 is 2.06 bits per heavy atom. The second-order valence-electron chi connectivity index (χ2n) is 7.96. The van der Waals surface area contributed by atoms with Crippen LogP contribution in [-0.4, -0.2) is 31.1 Å². The van der Waals surface area contributed by atoms with Gasteiger partial charge >= 0.3 is 0 Å². The van der Waals surface area contributed by atoms with E-state index in [1.807, 2.05) is 44.2 Å². The molecule has 0 aliphatic heterocycles. The molecule has 1 aromatic carbocycles. The number of benzene rings is 1. The highest BCUT2D eigenvalue weighted by Crippen LogP contribution is 2.32. The number of aromatic nitrogens is 5. The SMILES string of the molecule is C=C/C=C(/C(=C)/C=C\N)c1nc(-c2n[nH]c3ccc(-c4cncc(NC(=O)CC)c4)cc23)[nH]c1C. The van der Waals surface area contributed by atoms with Crippen molar-refractivity contribution in [2.45, 2.75) is 20.3 Å². The predicted octanol–water partition coefficient (Wildman–Crippen LogP) is 5.27. The Hall–Kier alpha value is -4.72. The van der Waals surface area contributed by atoms with Crippen LogP contribution in [0.25, 0.3) is 39.1 Å². The summed E-state index contributed by atoms with van der Waals surface area (Å²) in [5.74, 6) is 0.567. The van der Waals surface area contributed by atoms with Gasteiger partial charge in [-0.3, -0.25) is 14.9 Å². The topological polar surface area (TPSA) is 125 Å². The molecular formula is C27H27N7O. The number of imidazole rings is 1. The number of nitrogens with one attached hydrogen (secondary N) is 3. The van der Waals surface area contributed by atoms with Crippen molar-refractivity contribution in [3.8, 4) is 22.6 Å². The molecule has 0 atom stereocenters. The Morgan fingerprint density at radius 3 is 2.80 bits per heavy atom. The summed E-state index contributed by atoms with van der Waals surface area (Å²) in [5.41, 5.74) is 12.8. The van der Waals surface area contributed by atoms with E-state index in [0.717, 1.165) is 44.6 Å². The van der Waals surface area contributed by atoms with Crippen LogP contribution >= 0.6 is 0 Å². The molecule has 3 heterocycles. The molecule has 0 saturated heterocycles. The fraction of sp³-hybridized carbons (Fsp3) is 0.111. The maximum absolute atomic E-state index is 11.8. The third-order valence-corrected chi connectivity index (χ3v) is 5.53. The van der Waals surface area contributed by atoms with Gasteiger partial charge in [-0.05, 0) is 48.5 Å². The van der Waals surface area contributed by atoms with Crippen LogP contribution in [-0.2, 0) is 4.79 Å². The van der Waals surface area contributed by atoms with Gasteiger partial charge in [0.2, 0.25) is 5.91 Å². The van der Waals surface area contributed by atoms with Crippen LogP contribution in [0.5, 0.6) is 0 Å². The first-order valence-electron chi connectivity index (χ1n) is 11.2. The summed E-state index contributed by atoms with van der Waals surface area (Å²) < 4.78 is 0. The Balaban J connectivity index is 1.76. The van der Waals surface area contributed by atoms with E-state index in [1.54, 1.807) is 24.5 Å². The Morgan fingerprint density at radius 1 is 1.23 bits per heavy atom. The Bertz CT molecular complexity index is 1490. The predicted molar refractivity (Wildman–Crippen MR) is 141 cm³/mol. The van der Waals surface area contributed by atoms with Crippen LogP contribution in [0.4, 0.5) is 5.69 Å². The second-order valence-corrected chi connectivity index (χ2v) is 7.96. The monoisotopic (exact) mass is 465 g/mol. The van der Waals surface area contributed by atoms with Gasteiger partial charge in [0, 0.05) is 34.8 Å². The van der Waals surface area contributed by atoms with Crippen molar-refractivity contribution in [2.75, 3.05) is 5.32 Å². The molecular weight excluding hydrogens is 438 g/mol. The number of aryl methyl sites for hydroxylation is 1. The summed E-state index contributed by atoms with van der Waals surface area (Å²) in [7, 11) is 0. The van der Waals surface area contributed by atoms with Crippen LogP contribution in [0.3, 0.4) is 0 Å². The fourth-order valence-electron chi connectivity index (χ4n) is 3.79. The number of hydrogen-bond acceptors (Lipinski definition) is 5. The summed E-state index contributed by atoms with van der Waals surface area (Å²) in [6.45, 7) is 11.7. The number of fused-ring (bicyclic) bond motifs is 1. The lowest BCUT2D eigenvalue weighted by Crippen LogP contribution is -2.09. The van der Waals surface area contributed by atoms with E-state index in [9.17, 15) is 4.79 Å². The van der Waals surface area contributed by atoms with Gasteiger partial charge in [0.05, 0.1) is 23.1 Å². The number of aromatic amines is 2. The van der Waals surface area contributed by atoms with Crippen LogP contribution < -0.4 is 11.1 Å². The van der Waals surface area contributed by atoms with Crippen molar-refractivity contribution < 1.29 is 4.79 Å². The van der Waals surface area contributed by atoms with E-state index in [2.05, 4.69) is 38.6 Å². The number of carbonyl (C=O) groups excluding carboxylic acids is 1. The molecule has 4 aromatic rings. The molecule has 176 valence electrons. The first-order valence-corrected chi connectivity index (χ1v) is 11.2. The van der Waals surface area contributed by atoms with Crippen molar-refractivity contribution in [1.82, 2.24) is 25.1 Å². The molecule has 4 rings (SSSR count). The van der Waals surface area contributed by atoms with Crippen molar-refractivity contribution in [2.24, 2.45) is 5.73 Å². The van der Waals surface area contributed by atoms with Gasteiger partial charge in [-0.2, -0.15) is 5.10 Å². The van der Waals surface area contributed by atoms with E-state index in [1.165, 1.54) is 6.20 Å². The van der Waals surface area contributed by atoms with E-state index in [0.29, 0.717) is 23.6 Å². The normalized spacial score (nSPS) is 11.8. The van der Waals surface area contributed by atoms with Gasteiger partial charge in [0.1, 0.15) is 5.69 Å². The van der Waals surface area contributed by atoms with Crippen LogP contribution in [0.2, 0.25) is 0 Å². The summed E-state index contributed by atoms with van der Waals surface area (Å²) in [4.78, 5) is 24.2. The van der Waals surface area contributed by atoms with Crippen LogP contribution in [0.1, 0.15) is 24.7 Å². The Labute approximate surface area is 203 Å². The van der Waals surface area contributed by atoms with E-state index < -0.39 is 0 Å². The molecule has 0 aliphatic rings. The minimum atomic E-state index is -0.0602. The number of carbonyl (C=O) groups is 1. The number of nitrogens with two attached hydrogens (primary N) is 1. The van der Waals surface area contributed by atoms with Crippen molar-refractivity contribution in [1.29, 1.82) is 0 Å². The highest BCUT2D eigenvalue weighted by Gasteiger charge is 2.18. The molecule has 0 aliphatic carbocycles. The maximum atomic E-state index is 11.8. The smallest absolute Gasteiger partial charge is 0.224 e. The molecule has 35 heavy (non-hydrogen) atoms. The number of amides is 1. The average molecular weight is 466 g/mol. The molecule has 0 radical (unpaired) electrons. The first kappa shape index (κ1) is 23.4. The van der Waals surface area contributed by atoms with Gasteiger partial charge in [0.25, 0.3) is 0 Å². The standard InChI is InChI=1S/C27H27N7O/c1-5-7-21(16(3)10-11-28)25-17(4)30-27(32-25)26-22-13-18(8-9-23(22)33-34-26)19-12-20(15-29-14-19)31-24(35)6-2/h5,7-15H,1,3,6,28H2,2,4H3,(H,30,32)(H,31,35)(H,33,34)/b11-10-,21-7-. The lowest BCUT2D eigenvalue weighted by atomic mass is 10.0. The zero-order valence-electron chi connectivity index (χ0n) is 19.7. The molecule has 0 spiro atoms. The zero-order chi connectivity index (χ0) is 24.9. The Kier molecular flexibility index (Phi) is 6.73. The molecule has 0 bridgehead atoms. The number of H-pyrrole nitrogens is 2. The van der Waals surface area contributed by atoms with Gasteiger partial charge in [-0.25, -0.2) is 4.98 Å². The number of rotatable bonds is 8. The summed E-state index contributed by atoms with van der Waals surface area (Å²) in [5, 5.41) is 11.4. The molecule has 8 nitrogen and oxygen atoms in total. The van der Waals surface area contributed by atoms with Crippen molar-refractivity contribution in [3.05, 3.63) is 91.2 Å². The van der Waals surface area contributed by atoms with Crippen molar-refractivity contribution in [3.63, 3.8) is 0 Å². The highest BCUT2D eigenvalue weighted by molar-refractivity contribution is 5.95. The highest BCUT2D eigenvalue weighted by atomic mass is 16.1. The van der Waals surface area contributed by atoms with Gasteiger partial charge in [0.15, 0.2) is 5.82 Å². The van der Waals surface area contributed by atoms with Crippen LogP contribution in [0.15, 0.2) is 79.8 Å². The number of pyridine rings is 1. The van der Waals surface area contributed by atoms with Crippen molar-refractivity contribution >= 4 is 28.1 Å². The second kappa shape index (κ2) is 10.0. The van der Waals surface area contributed by atoms with Gasteiger partial charge in [-0.1, -0.05) is 38.3 Å². The molecule has 0 unspecified atom stereocenters. The lowest BCUT2D eigenvalue weighted by molar-refractivity contribution is -0.115. The lowest BCUT2D eigenvalue weighted by Gasteiger charge is -2.06. The zero-order valence-corrected chi connectivity index (χ0v) is 19.7. The van der Waals surface area contributed by atoms with Gasteiger partial charge < -0.3 is 16.0 Å². The molecule has 8 heteroatoms. The molecule has 0 saturated carbocycles. The minimum Gasteiger partial charge on any atom is -0.405 e. The fourth-order valence-corrected chi connectivity index (χ4v) is 3.79.